The number of aryl methyl sites for hydroxylation is 2. The van der Waals surface area contributed by atoms with Gasteiger partial charge in [0.15, 0.2) is 5.78 Å². The highest BCUT2D eigenvalue weighted by Crippen LogP contribution is 2.16. The first kappa shape index (κ1) is 19.8. The Morgan fingerprint density at radius 1 is 0.857 bits per heavy atom. The average molecular weight is 378 g/mol. The standard InChI is InChI=1S/C23H26N2O3/c1-16-5-6-19(15-17(16)2)21(26)11-12-22(27)24-20-9-7-18(8-10-20)23(28)25-13-3-4-14-25/h5-10,15H,3-4,11-14H2,1-2H3,(H,24,27). The Bertz CT molecular complexity index is 881. The zero-order valence-corrected chi connectivity index (χ0v) is 16.5. The van der Waals surface area contributed by atoms with Crippen LogP contribution in [0.15, 0.2) is 42.5 Å². The first-order valence-corrected chi connectivity index (χ1v) is 9.73. The van der Waals surface area contributed by atoms with Crippen molar-refractivity contribution in [3.8, 4) is 0 Å². The Morgan fingerprint density at radius 3 is 2.14 bits per heavy atom. The number of hydrogen-bond donors (Lipinski definition) is 1. The minimum atomic E-state index is -0.212. The molecule has 0 atom stereocenters. The molecule has 28 heavy (non-hydrogen) atoms. The molecule has 5 heteroatoms. The second kappa shape index (κ2) is 8.83. The van der Waals surface area contributed by atoms with Gasteiger partial charge < -0.3 is 10.2 Å². The quantitative estimate of drug-likeness (QED) is 0.768. The molecule has 1 aliphatic rings. The van der Waals surface area contributed by atoms with E-state index in [-0.39, 0.29) is 30.4 Å². The molecule has 5 nitrogen and oxygen atoms in total. The van der Waals surface area contributed by atoms with E-state index in [9.17, 15) is 14.4 Å². The van der Waals surface area contributed by atoms with E-state index in [1.54, 1.807) is 30.3 Å². The van der Waals surface area contributed by atoms with Crippen LogP contribution in [-0.4, -0.2) is 35.6 Å². The number of benzene rings is 2. The number of ketones is 1. The number of rotatable bonds is 6. The van der Waals surface area contributed by atoms with Gasteiger partial charge in [-0.3, -0.25) is 14.4 Å². The van der Waals surface area contributed by atoms with Gasteiger partial charge in [-0.05, 0) is 68.1 Å². The number of carbonyl (C=O) groups excluding carboxylic acids is 3. The molecule has 1 aliphatic heterocycles. The minimum Gasteiger partial charge on any atom is -0.339 e. The summed E-state index contributed by atoms with van der Waals surface area (Å²) in [5.74, 6) is -0.213. The van der Waals surface area contributed by atoms with Crippen molar-refractivity contribution < 1.29 is 14.4 Å². The van der Waals surface area contributed by atoms with Crippen LogP contribution >= 0.6 is 0 Å². The fourth-order valence-corrected chi connectivity index (χ4v) is 3.31. The van der Waals surface area contributed by atoms with E-state index < -0.39 is 0 Å². The maximum Gasteiger partial charge on any atom is 0.253 e. The van der Waals surface area contributed by atoms with Crippen molar-refractivity contribution in [3.63, 3.8) is 0 Å². The average Bonchev–Trinajstić information content (AvgIpc) is 3.23. The molecule has 0 saturated carbocycles. The zero-order chi connectivity index (χ0) is 20.1. The molecular formula is C23H26N2O3. The third kappa shape index (κ3) is 4.85. The summed E-state index contributed by atoms with van der Waals surface area (Å²) < 4.78 is 0. The van der Waals surface area contributed by atoms with Crippen LogP contribution in [0.2, 0.25) is 0 Å². The molecule has 0 aliphatic carbocycles. The van der Waals surface area contributed by atoms with E-state index in [1.165, 1.54) is 0 Å². The van der Waals surface area contributed by atoms with Crippen molar-refractivity contribution >= 4 is 23.3 Å². The summed E-state index contributed by atoms with van der Waals surface area (Å²) in [6.07, 6.45) is 2.40. The molecule has 0 aromatic heterocycles. The molecule has 1 N–H and O–H groups in total. The molecule has 2 amide bonds. The van der Waals surface area contributed by atoms with Gasteiger partial charge in [0.1, 0.15) is 0 Å². The Labute approximate surface area is 165 Å². The predicted molar refractivity (Wildman–Crippen MR) is 110 cm³/mol. The van der Waals surface area contributed by atoms with E-state index in [4.69, 9.17) is 0 Å². The number of Topliss-reactive ketones (excluding diaryl/α,β-unsaturated/α-hetero) is 1. The highest BCUT2D eigenvalue weighted by molar-refractivity contribution is 6.00. The van der Waals surface area contributed by atoms with Crippen molar-refractivity contribution in [1.29, 1.82) is 0 Å². The van der Waals surface area contributed by atoms with Crippen LogP contribution < -0.4 is 5.32 Å². The monoisotopic (exact) mass is 378 g/mol. The number of amides is 2. The Kier molecular flexibility index (Phi) is 6.24. The molecule has 1 heterocycles. The topological polar surface area (TPSA) is 66.5 Å². The smallest absolute Gasteiger partial charge is 0.253 e. The summed E-state index contributed by atoms with van der Waals surface area (Å²) in [4.78, 5) is 38.6. The summed E-state index contributed by atoms with van der Waals surface area (Å²) >= 11 is 0. The van der Waals surface area contributed by atoms with Gasteiger partial charge in [0.05, 0.1) is 0 Å². The number of carbonyl (C=O) groups is 3. The molecule has 2 aromatic rings. The third-order valence-corrected chi connectivity index (χ3v) is 5.22. The summed E-state index contributed by atoms with van der Waals surface area (Å²) in [6.45, 7) is 5.59. The lowest BCUT2D eigenvalue weighted by Gasteiger charge is -2.15. The van der Waals surface area contributed by atoms with E-state index in [1.807, 2.05) is 30.9 Å². The molecule has 0 spiro atoms. The third-order valence-electron chi connectivity index (χ3n) is 5.22. The van der Waals surface area contributed by atoms with Crippen molar-refractivity contribution in [2.45, 2.75) is 39.5 Å². The van der Waals surface area contributed by atoms with E-state index in [0.717, 1.165) is 37.1 Å². The lowest BCUT2D eigenvalue weighted by atomic mass is 10.0. The number of likely N-dealkylation sites (tertiary alicyclic amines) is 1. The molecule has 1 saturated heterocycles. The fraction of sp³-hybridized carbons (Fsp3) is 0.348. The van der Waals surface area contributed by atoms with Gasteiger partial charge in [-0.25, -0.2) is 0 Å². The number of nitrogens with zero attached hydrogens (tertiary/aromatic N) is 1. The molecule has 2 aromatic carbocycles. The van der Waals surface area contributed by atoms with Gasteiger partial charge in [-0.1, -0.05) is 12.1 Å². The van der Waals surface area contributed by atoms with Crippen LogP contribution in [0.5, 0.6) is 0 Å². The van der Waals surface area contributed by atoms with Crippen LogP contribution in [-0.2, 0) is 4.79 Å². The fourth-order valence-electron chi connectivity index (χ4n) is 3.31. The Hall–Kier alpha value is -2.95. The summed E-state index contributed by atoms with van der Waals surface area (Å²) in [5, 5.41) is 2.79. The summed E-state index contributed by atoms with van der Waals surface area (Å²) in [7, 11) is 0. The van der Waals surface area contributed by atoms with Crippen molar-refractivity contribution in [2.24, 2.45) is 0 Å². The second-order valence-corrected chi connectivity index (χ2v) is 7.35. The highest BCUT2D eigenvalue weighted by atomic mass is 16.2. The lowest BCUT2D eigenvalue weighted by molar-refractivity contribution is -0.116. The molecular weight excluding hydrogens is 352 g/mol. The molecule has 1 fully saturated rings. The number of nitrogens with one attached hydrogen (secondary N) is 1. The molecule has 0 unspecified atom stereocenters. The number of hydrogen-bond acceptors (Lipinski definition) is 3. The van der Waals surface area contributed by atoms with Gasteiger partial charge in [0.2, 0.25) is 5.91 Å². The van der Waals surface area contributed by atoms with Crippen molar-refractivity contribution in [1.82, 2.24) is 4.90 Å². The molecule has 0 bridgehead atoms. The van der Waals surface area contributed by atoms with Crippen LogP contribution in [0, 0.1) is 13.8 Å². The Morgan fingerprint density at radius 2 is 1.50 bits per heavy atom. The van der Waals surface area contributed by atoms with Crippen molar-refractivity contribution in [3.05, 3.63) is 64.7 Å². The summed E-state index contributed by atoms with van der Waals surface area (Å²) in [5.41, 5.74) is 4.10. The van der Waals surface area contributed by atoms with Gasteiger partial charge in [0, 0.05) is 42.7 Å². The maximum atomic E-state index is 12.3. The van der Waals surface area contributed by atoms with E-state index >= 15 is 0 Å². The van der Waals surface area contributed by atoms with E-state index in [0.29, 0.717) is 16.8 Å². The normalized spacial score (nSPS) is 13.4. The van der Waals surface area contributed by atoms with Crippen LogP contribution in [0.3, 0.4) is 0 Å². The maximum absolute atomic E-state index is 12.3. The largest absolute Gasteiger partial charge is 0.339 e. The molecule has 0 radical (unpaired) electrons. The highest BCUT2D eigenvalue weighted by Gasteiger charge is 2.19. The first-order chi connectivity index (χ1) is 13.4. The van der Waals surface area contributed by atoms with Crippen molar-refractivity contribution in [2.75, 3.05) is 18.4 Å². The van der Waals surface area contributed by atoms with E-state index in [2.05, 4.69) is 5.32 Å². The number of anilines is 1. The lowest BCUT2D eigenvalue weighted by Crippen LogP contribution is -2.27. The van der Waals surface area contributed by atoms with Gasteiger partial charge in [-0.15, -0.1) is 0 Å². The van der Waals surface area contributed by atoms with Crippen LogP contribution in [0.1, 0.15) is 57.5 Å². The van der Waals surface area contributed by atoms with Gasteiger partial charge >= 0.3 is 0 Å². The molecule has 146 valence electrons. The Balaban J connectivity index is 1.51. The SMILES string of the molecule is Cc1ccc(C(=O)CCC(=O)Nc2ccc(C(=O)N3CCCC3)cc2)cc1C. The summed E-state index contributed by atoms with van der Waals surface area (Å²) in [6, 6.07) is 12.5. The predicted octanol–water partition coefficient (Wildman–Crippen LogP) is 4.14. The molecule has 3 rings (SSSR count). The second-order valence-electron chi connectivity index (χ2n) is 7.35. The van der Waals surface area contributed by atoms with Crippen LogP contribution in [0.4, 0.5) is 5.69 Å². The first-order valence-electron chi connectivity index (χ1n) is 9.73. The van der Waals surface area contributed by atoms with Gasteiger partial charge in [0.25, 0.3) is 5.91 Å². The minimum absolute atomic E-state index is 0.0364. The van der Waals surface area contributed by atoms with Gasteiger partial charge in [-0.2, -0.15) is 0 Å². The zero-order valence-electron chi connectivity index (χ0n) is 16.5. The van der Waals surface area contributed by atoms with Crippen LogP contribution in [0.25, 0.3) is 0 Å².